The number of nitrogens with zero attached hydrogens (tertiary/aromatic N) is 3. The topological polar surface area (TPSA) is 58.1 Å². The summed E-state index contributed by atoms with van der Waals surface area (Å²) >= 11 is 0. The van der Waals surface area contributed by atoms with E-state index in [1.165, 1.54) is 25.7 Å². The van der Waals surface area contributed by atoms with E-state index in [0.717, 1.165) is 44.3 Å². The van der Waals surface area contributed by atoms with Gasteiger partial charge in [0.2, 0.25) is 0 Å². The molecule has 2 aliphatic rings. The molecular weight excluding hydrogens is 288 g/mol. The lowest BCUT2D eigenvalue weighted by molar-refractivity contribution is 0.0695. The van der Waals surface area contributed by atoms with Gasteiger partial charge in [-0.15, -0.1) is 0 Å². The van der Waals surface area contributed by atoms with Crippen LogP contribution in [-0.2, 0) is 0 Å². The predicted molar refractivity (Wildman–Crippen MR) is 90.1 cm³/mol. The summed E-state index contributed by atoms with van der Waals surface area (Å²) in [4.78, 5) is 22.4. The van der Waals surface area contributed by atoms with Crippen molar-refractivity contribution in [2.75, 3.05) is 19.6 Å². The molecule has 1 amide bonds. The van der Waals surface area contributed by atoms with E-state index in [2.05, 4.69) is 22.2 Å². The lowest BCUT2D eigenvalue weighted by Crippen LogP contribution is -2.46. The van der Waals surface area contributed by atoms with Crippen molar-refractivity contribution < 1.29 is 4.79 Å². The van der Waals surface area contributed by atoms with Crippen LogP contribution in [0.15, 0.2) is 18.6 Å². The zero-order valence-electron chi connectivity index (χ0n) is 14.1. The number of nitrogens with one attached hydrogen (secondary N) is 1. The van der Waals surface area contributed by atoms with Gasteiger partial charge >= 0.3 is 0 Å². The summed E-state index contributed by atoms with van der Waals surface area (Å²) in [5, 5.41) is 3.76. The molecule has 5 nitrogen and oxygen atoms in total. The fraction of sp³-hybridized carbons (Fsp3) is 0.722. The molecular formula is C18H28N4O. The molecule has 1 aromatic heterocycles. The lowest BCUT2D eigenvalue weighted by Gasteiger charge is -2.35. The van der Waals surface area contributed by atoms with Gasteiger partial charge in [-0.25, -0.2) is 4.98 Å². The van der Waals surface area contributed by atoms with E-state index in [1.807, 2.05) is 4.90 Å². The van der Waals surface area contributed by atoms with Crippen LogP contribution >= 0.6 is 0 Å². The van der Waals surface area contributed by atoms with Crippen LogP contribution < -0.4 is 5.32 Å². The summed E-state index contributed by atoms with van der Waals surface area (Å²) in [7, 11) is 0. The van der Waals surface area contributed by atoms with E-state index < -0.39 is 0 Å². The average Bonchev–Trinajstić information content (AvgIpc) is 2.62. The monoisotopic (exact) mass is 316 g/mol. The number of aromatic nitrogens is 2. The van der Waals surface area contributed by atoms with E-state index in [9.17, 15) is 4.79 Å². The number of rotatable bonds is 4. The fourth-order valence-corrected chi connectivity index (χ4v) is 3.87. The summed E-state index contributed by atoms with van der Waals surface area (Å²) in [6.45, 7) is 5.16. The SMILES string of the molecule is C[C@H]1CCCC[C@@H]1CNC1CCN(C(=O)c2cnccn2)CC1. The molecule has 1 saturated carbocycles. The van der Waals surface area contributed by atoms with Gasteiger partial charge in [0.25, 0.3) is 5.91 Å². The second-order valence-corrected chi connectivity index (χ2v) is 7.09. The Bertz CT molecular complexity index is 499. The number of amides is 1. The number of carbonyl (C=O) groups excluding carboxylic acids is 1. The van der Waals surface area contributed by atoms with Crippen LogP contribution in [0.25, 0.3) is 0 Å². The van der Waals surface area contributed by atoms with Gasteiger partial charge in [0.05, 0.1) is 6.20 Å². The minimum absolute atomic E-state index is 0.0115. The maximum absolute atomic E-state index is 12.4. The van der Waals surface area contributed by atoms with Crippen LogP contribution in [0.2, 0.25) is 0 Å². The highest BCUT2D eigenvalue weighted by Crippen LogP contribution is 2.29. The minimum atomic E-state index is 0.0115. The molecule has 1 aromatic rings. The van der Waals surface area contributed by atoms with Crippen molar-refractivity contribution >= 4 is 5.91 Å². The number of hydrogen-bond donors (Lipinski definition) is 1. The van der Waals surface area contributed by atoms with Crippen molar-refractivity contribution in [3.8, 4) is 0 Å². The van der Waals surface area contributed by atoms with Crippen LogP contribution in [0.4, 0.5) is 0 Å². The first-order valence-corrected chi connectivity index (χ1v) is 9.02. The molecule has 3 rings (SSSR count). The quantitative estimate of drug-likeness (QED) is 0.927. The zero-order chi connectivity index (χ0) is 16.1. The molecule has 23 heavy (non-hydrogen) atoms. The summed E-state index contributed by atoms with van der Waals surface area (Å²) in [5.41, 5.74) is 0.454. The summed E-state index contributed by atoms with van der Waals surface area (Å²) < 4.78 is 0. The molecule has 0 aromatic carbocycles. The first kappa shape index (κ1) is 16.4. The third-order valence-electron chi connectivity index (χ3n) is 5.52. The standard InChI is InChI=1S/C18H28N4O/c1-14-4-2-3-5-15(14)12-21-16-6-10-22(11-7-16)18(23)17-13-19-8-9-20-17/h8-9,13-16,21H,2-7,10-12H2,1H3/t14-,15+/m0/s1. The van der Waals surface area contributed by atoms with Crippen molar-refractivity contribution in [2.24, 2.45) is 11.8 Å². The van der Waals surface area contributed by atoms with Gasteiger partial charge in [0.15, 0.2) is 0 Å². The Hall–Kier alpha value is -1.49. The third kappa shape index (κ3) is 4.28. The van der Waals surface area contributed by atoms with Gasteiger partial charge in [0, 0.05) is 31.5 Å². The van der Waals surface area contributed by atoms with Gasteiger partial charge in [0.1, 0.15) is 5.69 Å². The molecule has 1 aliphatic carbocycles. The van der Waals surface area contributed by atoms with E-state index >= 15 is 0 Å². The maximum Gasteiger partial charge on any atom is 0.274 e. The van der Waals surface area contributed by atoms with Gasteiger partial charge in [-0.2, -0.15) is 0 Å². The second-order valence-electron chi connectivity index (χ2n) is 7.09. The predicted octanol–water partition coefficient (Wildman–Crippen LogP) is 2.50. The van der Waals surface area contributed by atoms with E-state index in [-0.39, 0.29) is 5.91 Å². The molecule has 1 N–H and O–H groups in total. The molecule has 1 aliphatic heterocycles. The Kier molecular flexibility index (Phi) is 5.60. The first-order valence-electron chi connectivity index (χ1n) is 9.02. The summed E-state index contributed by atoms with van der Waals surface area (Å²) in [5.74, 6) is 1.70. The summed E-state index contributed by atoms with van der Waals surface area (Å²) in [6, 6.07) is 0.551. The molecule has 126 valence electrons. The highest BCUT2D eigenvalue weighted by Gasteiger charge is 2.26. The molecule has 5 heteroatoms. The molecule has 2 atom stereocenters. The van der Waals surface area contributed by atoms with Crippen LogP contribution in [0.5, 0.6) is 0 Å². The molecule has 0 bridgehead atoms. The van der Waals surface area contributed by atoms with E-state index in [0.29, 0.717) is 11.7 Å². The first-order chi connectivity index (χ1) is 11.2. The van der Waals surface area contributed by atoms with Crippen LogP contribution in [0.3, 0.4) is 0 Å². The molecule has 2 fully saturated rings. The number of hydrogen-bond acceptors (Lipinski definition) is 4. The Balaban J connectivity index is 1.42. The third-order valence-corrected chi connectivity index (χ3v) is 5.52. The number of piperidine rings is 1. The average molecular weight is 316 g/mol. The Morgan fingerprint density at radius 3 is 2.70 bits per heavy atom. The van der Waals surface area contributed by atoms with Crippen molar-refractivity contribution in [3.63, 3.8) is 0 Å². The zero-order valence-corrected chi connectivity index (χ0v) is 14.1. The highest BCUT2D eigenvalue weighted by molar-refractivity contribution is 5.92. The van der Waals surface area contributed by atoms with E-state index in [1.54, 1.807) is 18.6 Å². The normalized spacial score (nSPS) is 26.2. The Labute approximate surface area is 138 Å². The van der Waals surface area contributed by atoms with E-state index in [4.69, 9.17) is 0 Å². The molecule has 0 spiro atoms. The number of carbonyl (C=O) groups is 1. The minimum Gasteiger partial charge on any atom is -0.337 e. The largest absolute Gasteiger partial charge is 0.337 e. The lowest BCUT2D eigenvalue weighted by atomic mass is 9.80. The Morgan fingerprint density at radius 1 is 1.22 bits per heavy atom. The van der Waals surface area contributed by atoms with Crippen molar-refractivity contribution in [3.05, 3.63) is 24.3 Å². The highest BCUT2D eigenvalue weighted by atomic mass is 16.2. The smallest absolute Gasteiger partial charge is 0.274 e. The van der Waals surface area contributed by atoms with Crippen LogP contribution in [0, 0.1) is 11.8 Å². The Morgan fingerprint density at radius 2 is 2.00 bits per heavy atom. The summed E-state index contributed by atoms with van der Waals surface area (Å²) in [6.07, 6.45) is 12.3. The molecule has 2 heterocycles. The van der Waals surface area contributed by atoms with Crippen molar-refractivity contribution in [1.82, 2.24) is 20.2 Å². The fourth-order valence-electron chi connectivity index (χ4n) is 3.87. The van der Waals surface area contributed by atoms with Gasteiger partial charge in [-0.3, -0.25) is 9.78 Å². The molecule has 0 radical (unpaired) electrons. The van der Waals surface area contributed by atoms with Crippen LogP contribution in [0.1, 0.15) is 55.9 Å². The second kappa shape index (κ2) is 7.86. The van der Waals surface area contributed by atoms with Gasteiger partial charge in [-0.1, -0.05) is 26.2 Å². The molecule has 0 unspecified atom stereocenters. The maximum atomic E-state index is 12.4. The van der Waals surface area contributed by atoms with Gasteiger partial charge < -0.3 is 10.2 Å². The molecule has 1 saturated heterocycles. The van der Waals surface area contributed by atoms with Gasteiger partial charge in [-0.05, 0) is 37.6 Å². The van der Waals surface area contributed by atoms with Crippen LogP contribution in [-0.4, -0.2) is 46.5 Å². The van der Waals surface area contributed by atoms with Crippen molar-refractivity contribution in [2.45, 2.75) is 51.5 Å². The van der Waals surface area contributed by atoms with Crippen molar-refractivity contribution in [1.29, 1.82) is 0 Å². The number of likely N-dealkylation sites (tertiary alicyclic amines) is 1.